The van der Waals surface area contributed by atoms with Crippen molar-refractivity contribution in [2.45, 2.75) is 45.4 Å². The molecule has 0 bridgehead atoms. The summed E-state index contributed by atoms with van der Waals surface area (Å²) in [7, 11) is 0. The Bertz CT molecular complexity index is 818. The van der Waals surface area contributed by atoms with E-state index in [1.165, 1.54) is 16.7 Å². The van der Waals surface area contributed by atoms with Crippen LogP contribution in [0, 0.1) is 18.7 Å². The lowest BCUT2D eigenvalue weighted by Gasteiger charge is -2.21. The van der Waals surface area contributed by atoms with Crippen LogP contribution in [0.25, 0.3) is 10.9 Å². The minimum absolute atomic E-state index is 0.0269. The Hall–Kier alpha value is -2.37. The fraction of sp³-hybridized carbons (Fsp3) is 0.444. The summed E-state index contributed by atoms with van der Waals surface area (Å²) in [5.41, 5.74) is 1.01. The van der Waals surface area contributed by atoms with Crippen molar-refractivity contribution in [2.24, 2.45) is 5.92 Å². The van der Waals surface area contributed by atoms with E-state index in [9.17, 15) is 19.1 Å². The normalized spacial score (nSPS) is 15.8. The van der Waals surface area contributed by atoms with Gasteiger partial charge in [0.2, 0.25) is 5.91 Å². The molecule has 0 amide bonds. The fourth-order valence-corrected chi connectivity index (χ4v) is 3.71. The number of aliphatic carboxylic acids is 1. The second-order valence-corrected chi connectivity index (χ2v) is 6.44. The monoisotopic (exact) mass is 333 g/mol. The van der Waals surface area contributed by atoms with Crippen molar-refractivity contribution in [1.29, 1.82) is 0 Å². The number of rotatable bonds is 3. The highest BCUT2D eigenvalue weighted by atomic mass is 19.1. The number of nitrogens with zero attached hydrogens (tertiary/aromatic N) is 1. The van der Waals surface area contributed by atoms with Crippen LogP contribution in [0.5, 0.6) is 5.75 Å². The molecule has 0 spiro atoms. The summed E-state index contributed by atoms with van der Waals surface area (Å²) in [5, 5.41) is 18.8. The molecule has 0 saturated heterocycles. The van der Waals surface area contributed by atoms with E-state index in [4.69, 9.17) is 5.11 Å². The zero-order chi connectivity index (χ0) is 17.4. The minimum Gasteiger partial charge on any atom is -0.505 e. The van der Waals surface area contributed by atoms with Crippen LogP contribution in [0.1, 0.15) is 48.2 Å². The van der Waals surface area contributed by atoms with Gasteiger partial charge in [-0.05, 0) is 37.5 Å². The van der Waals surface area contributed by atoms with Crippen molar-refractivity contribution >= 4 is 22.8 Å². The summed E-state index contributed by atoms with van der Waals surface area (Å²) >= 11 is 0. The van der Waals surface area contributed by atoms with E-state index < -0.39 is 24.0 Å². The Morgan fingerprint density at radius 2 is 1.92 bits per heavy atom. The maximum absolute atomic E-state index is 14.4. The van der Waals surface area contributed by atoms with Crippen LogP contribution in [0.2, 0.25) is 0 Å². The lowest BCUT2D eigenvalue weighted by atomic mass is 9.88. The Kier molecular flexibility index (Phi) is 4.30. The van der Waals surface area contributed by atoms with Gasteiger partial charge >= 0.3 is 5.97 Å². The molecule has 2 N–H and O–H groups in total. The van der Waals surface area contributed by atoms with Crippen molar-refractivity contribution in [1.82, 2.24) is 4.57 Å². The molecule has 5 nitrogen and oxygen atoms in total. The topological polar surface area (TPSA) is 79.5 Å². The maximum Gasteiger partial charge on any atom is 0.307 e. The van der Waals surface area contributed by atoms with E-state index >= 15 is 0 Å². The third kappa shape index (κ3) is 2.66. The first kappa shape index (κ1) is 16.5. The quantitative estimate of drug-likeness (QED) is 0.899. The van der Waals surface area contributed by atoms with Gasteiger partial charge in [-0.3, -0.25) is 14.2 Å². The molecule has 1 heterocycles. The van der Waals surface area contributed by atoms with Gasteiger partial charge in [0.15, 0.2) is 11.6 Å². The van der Waals surface area contributed by atoms with Crippen LogP contribution >= 0.6 is 0 Å². The predicted molar refractivity (Wildman–Crippen MR) is 86.8 cm³/mol. The first-order valence-corrected chi connectivity index (χ1v) is 8.19. The molecule has 0 radical (unpaired) electrons. The molecular formula is C18H20FNO4. The molecule has 1 saturated carbocycles. The second-order valence-electron chi connectivity index (χ2n) is 6.44. The van der Waals surface area contributed by atoms with Gasteiger partial charge in [-0.15, -0.1) is 0 Å². The average Bonchev–Trinajstić information content (AvgIpc) is 2.83. The van der Waals surface area contributed by atoms with Gasteiger partial charge in [0, 0.05) is 17.0 Å². The van der Waals surface area contributed by atoms with Crippen molar-refractivity contribution < 1.29 is 24.2 Å². The summed E-state index contributed by atoms with van der Waals surface area (Å²) in [6, 6.07) is 2.68. The molecule has 1 aliphatic rings. The number of phenolic OH excluding ortho intramolecular Hbond substituents is 1. The number of carbonyl (C=O) groups excluding carboxylic acids is 1. The molecule has 24 heavy (non-hydrogen) atoms. The molecule has 0 aliphatic heterocycles. The molecule has 0 atom stereocenters. The molecule has 2 aromatic rings. The Morgan fingerprint density at radius 3 is 2.54 bits per heavy atom. The third-order valence-corrected chi connectivity index (χ3v) is 4.92. The van der Waals surface area contributed by atoms with Crippen LogP contribution in [0.15, 0.2) is 12.1 Å². The summed E-state index contributed by atoms with van der Waals surface area (Å²) in [4.78, 5) is 24.1. The molecule has 1 fully saturated rings. The lowest BCUT2D eigenvalue weighted by Crippen LogP contribution is -2.24. The van der Waals surface area contributed by atoms with Crippen molar-refractivity contribution in [3.63, 3.8) is 0 Å². The maximum atomic E-state index is 14.4. The zero-order valence-electron chi connectivity index (χ0n) is 13.5. The summed E-state index contributed by atoms with van der Waals surface area (Å²) in [6.45, 7) is 1.63. The Labute approximate surface area is 138 Å². The van der Waals surface area contributed by atoms with Gasteiger partial charge in [0.05, 0.1) is 11.9 Å². The number of carbonyl (C=O) groups is 2. The van der Waals surface area contributed by atoms with Gasteiger partial charge in [0.1, 0.15) is 0 Å². The Balaban J connectivity index is 2.20. The van der Waals surface area contributed by atoms with E-state index in [2.05, 4.69) is 0 Å². The SMILES string of the molecule is Cc1c(CC(=O)O)c2c(F)c(O)ccc2n1C(=O)C1CCCCC1. The fourth-order valence-electron chi connectivity index (χ4n) is 3.71. The molecule has 1 aromatic carbocycles. The highest BCUT2D eigenvalue weighted by molar-refractivity contribution is 5.99. The van der Waals surface area contributed by atoms with Gasteiger partial charge in [-0.1, -0.05) is 19.3 Å². The molecule has 1 aromatic heterocycles. The third-order valence-electron chi connectivity index (χ3n) is 4.92. The van der Waals surface area contributed by atoms with Crippen LogP contribution < -0.4 is 0 Å². The van der Waals surface area contributed by atoms with Crippen LogP contribution in [0.3, 0.4) is 0 Å². The molecule has 0 unspecified atom stereocenters. The predicted octanol–water partition coefficient (Wildman–Crippen LogP) is 3.64. The number of carboxylic acid groups (broad SMARTS) is 1. The van der Waals surface area contributed by atoms with Crippen LogP contribution in [-0.2, 0) is 11.2 Å². The van der Waals surface area contributed by atoms with Crippen molar-refractivity contribution in [3.05, 3.63) is 29.2 Å². The molecule has 1 aliphatic carbocycles. The van der Waals surface area contributed by atoms with Gasteiger partial charge < -0.3 is 10.2 Å². The second kappa shape index (κ2) is 6.26. The average molecular weight is 333 g/mol. The molecule has 3 rings (SSSR count). The van der Waals surface area contributed by atoms with Crippen LogP contribution in [-0.4, -0.2) is 26.7 Å². The molecule has 6 heteroatoms. The van der Waals surface area contributed by atoms with E-state index in [0.29, 0.717) is 11.2 Å². The first-order valence-electron chi connectivity index (χ1n) is 8.19. The number of benzene rings is 1. The highest BCUT2D eigenvalue weighted by Crippen LogP contribution is 2.35. The Morgan fingerprint density at radius 1 is 1.25 bits per heavy atom. The largest absolute Gasteiger partial charge is 0.505 e. The summed E-state index contributed by atoms with van der Waals surface area (Å²) < 4.78 is 15.9. The van der Waals surface area contributed by atoms with Gasteiger partial charge in [-0.2, -0.15) is 0 Å². The van der Waals surface area contributed by atoms with Crippen LogP contribution in [0.4, 0.5) is 4.39 Å². The number of aromatic nitrogens is 1. The first-order chi connectivity index (χ1) is 11.4. The smallest absolute Gasteiger partial charge is 0.307 e. The van der Waals surface area contributed by atoms with Crippen molar-refractivity contribution in [3.8, 4) is 5.75 Å². The number of halogens is 1. The van der Waals surface area contributed by atoms with E-state index in [0.717, 1.165) is 32.1 Å². The van der Waals surface area contributed by atoms with Crippen molar-refractivity contribution in [2.75, 3.05) is 0 Å². The highest BCUT2D eigenvalue weighted by Gasteiger charge is 2.28. The standard InChI is InChI=1S/C18H20FNO4/c1-10-12(9-15(22)23)16-13(7-8-14(21)17(16)19)20(10)18(24)11-5-3-2-4-6-11/h7-8,11,21H,2-6,9H2,1H3,(H,22,23). The lowest BCUT2D eigenvalue weighted by molar-refractivity contribution is -0.136. The van der Waals surface area contributed by atoms with Gasteiger partial charge in [-0.25, -0.2) is 4.39 Å². The summed E-state index contributed by atoms with van der Waals surface area (Å²) in [5.74, 6) is -2.76. The van der Waals surface area contributed by atoms with E-state index in [1.807, 2.05) is 0 Å². The minimum atomic E-state index is -1.11. The number of hydrogen-bond acceptors (Lipinski definition) is 3. The number of hydrogen-bond donors (Lipinski definition) is 2. The molecular weight excluding hydrogens is 313 g/mol. The number of aromatic hydroxyl groups is 1. The number of carboxylic acids is 1. The molecule has 128 valence electrons. The summed E-state index contributed by atoms with van der Waals surface area (Å²) in [6.07, 6.45) is 4.30. The van der Waals surface area contributed by atoms with E-state index in [1.54, 1.807) is 6.92 Å². The number of phenols is 1. The van der Waals surface area contributed by atoms with Gasteiger partial charge in [0.25, 0.3) is 0 Å². The zero-order valence-corrected chi connectivity index (χ0v) is 13.5. The van der Waals surface area contributed by atoms with E-state index in [-0.39, 0.29) is 22.8 Å². The number of fused-ring (bicyclic) bond motifs is 1.